The predicted octanol–water partition coefficient (Wildman–Crippen LogP) is -2.63. The van der Waals surface area contributed by atoms with Crippen LogP contribution in [0.15, 0.2) is 0 Å². The first kappa shape index (κ1) is 35.2. The minimum atomic E-state index is -1.76. The number of aliphatic carboxylic acids is 3. The van der Waals surface area contributed by atoms with E-state index in [4.69, 9.17) is 21.1 Å². The molecule has 222 valence electrons. The van der Waals surface area contributed by atoms with E-state index in [-0.39, 0.29) is 18.3 Å². The third-order valence-corrected chi connectivity index (χ3v) is 5.45. The average molecular weight is 562 g/mol. The highest BCUT2D eigenvalue weighted by molar-refractivity contribution is 5.96. The van der Waals surface area contributed by atoms with Crippen molar-refractivity contribution in [2.24, 2.45) is 17.6 Å². The van der Waals surface area contributed by atoms with Gasteiger partial charge in [-0.1, -0.05) is 27.7 Å². The summed E-state index contributed by atoms with van der Waals surface area (Å²) < 4.78 is 0. The molecule has 0 heterocycles. The summed E-state index contributed by atoms with van der Waals surface area (Å²) in [4.78, 5) is 84.5. The molecule has 0 aromatic heterocycles. The number of hydrogen-bond donors (Lipinski definition) is 9. The van der Waals surface area contributed by atoms with E-state index in [1.165, 1.54) is 0 Å². The highest BCUT2D eigenvalue weighted by atomic mass is 16.4. The summed E-state index contributed by atoms with van der Waals surface area (Å²) in [5, 5.41) is 45.3. The van der Waals surface area contributed by atoms with Crippen molar-refractivity contribution in [1.29, 1.82) is 0 Å². The fraction of sp³-hybridized carbons (Fsp3) is 0.696. The monoisotopic (exact) mass is 561 g/mol. The number of carboxylic acid groups (broad SMARTS) is 3. The molecular formula is C23H39N5O11. The molecule has 0 bridgehead atoms. The van der Waals surface area contributed by atoms with Gasteiger partial charge in [-0.15, -0.1) is 0 Å². The van der Waals surface area contributed by atoms with Crippen LogP contribution in [0.25, 0.3) is 0 Å². The maximum atomic E-state index is 13.0. The maximum absolute atomic E-state index is 13.0. The highest BCUT2D eigenvalue weighted by Gasteiger charge is 2.33. The van der Waals surface area contributed by atoms with Crippen LogP contribution >= 0.6 is 0 Å². The SMILES string of the molecule is CC(C)C[C@H](NC(=O)[C@H](CC(=O)O)NC(=O)[C@H](CCC(=O)O)NC(=O)[C@@H](N)C(C)C)C(=O)N[C@@H](CO)C(=O)O. The number of aliphatic hydroxyl groups is 1. The van der Waals surface area contributed by atoms with Crippen molar-refractivity contribution in [3.8, 4) is 0 Å². The van der Waals surface area contributed by atoms with Crippen molar-refractivity contribution in [2.75, 3.05) is 6.61 Å². The number of nitrogens with one attached hydrogen (secondary N) is 4. The van der Waals surface area contributed by atoms with Crippen LogP contribution in [0.5, 0.6) is 0 Å². The largest absolute Gasteiger partial charge is 0.481 e. The lowest BCUT2D eigenvalue weighted by Gasteiger charge is -2.26. The van der Waals surface area contributed by atoms with Gasteiger partial charge in [0.1, 0.15) is 24.2 Å². The second-order valence-corrected chi connectivity index (χ2v) is 9.70. The first-order valence-electron chi connectivity index (χ1n) is 12.2. The molecule has 10 N–H and O–H groups in total. The van der Waals surface area contributed by atoms with Gasteiger partial charge >= 0.3 is 17.9 Å². The molecule has 0 aliphatic carbocycles. The van der Waals surface area contributed by atoms with Gasteiger partial charge in [0.15, 0.2) is 0 Å². The molecule has 4 amide bonds. The quantitative estimate of drug-likeness (QED) is 0.0831. The second-order valence-electron chi connectivity index (χ2n) is 9.70. The Balaban J connectivity index is 5.87. The molecule has 0 unspecified atom stereocenters. The van der Waals surface area contributed by atoms with E-state index in [0.717, 1.165) is 0 Å². The van der Waals surface area contributed by atoms with E-state index >= 15 is 0 Å². The number of aliphatic hydroxyl groups excluding tert-OH is 1. The lowest BCUT2D eigenvalue weighted by atomic mass is 10.0. The van der Waals surface area contributed by atoms with E-state index in [2.05, 4.69) is 21.3 Å². The van der Waals surface area contributed by atoms with Crippen LogP contribution in [-0.4, -0.2) is 98.8 Å². The predicted molar refractivity (Wildman–Crippen MR) is 134 cm³/mol. The molecule has 5 atom stereocenters. The molecule has 16 nitrogen and oxygen atoms in total. The highest BCUT2D eigenvalue weighted by Crippen LogP contribution is 2.08. The molecule has 0 radical (unpaired) electrons. The zero-order chi connectivity index (χ0) is 30.4. The Hall–Kier alpha value is -3.79. The number of nitrogens with two attached hydrogens (primary N) is 1. The van der Waals surface area contributed by atoms with Crippen molar-refractivity contribution in [3.63, 3.8) is 0 Å². The van der Waals surface area contributed by atoms with Crippen LogP contribution < -0.4 is 27.0 Å². The Morgan fingerprint density at radius 2 is 1.13 bits per heavy atom. The molecule has 0 aliphatic heterocycles. The van der Waals surface area contributed by atoms with Crippen molar-refractivity contribution in [1.82, 2.24) is 21.3 Å². The number of carbonyl (C=O) groups excluding carboxylic acids is 4. The van der Waals surface area contributed by atoms with Gasteiger partial charge in [-0.3, -0.25) is 28.8 Å². The van der Waals surface area contributed by atoms with Crippen LogP contribution in [-0.2, 0) is 33.6 Å². The van der Waals surface area contributed by atoms with E-state index in [0.29, 0.717) is 0 Å². The Kier molecular flexibility index (Phi) is 15.3. The molecule has 0 saturated carbocycles. The third-order valence-electron chi connectivity index (χ3n) is 5.45. The van der Waals surface area contributed by atoms with Crippen molar-refractivity contribution >= 4 is 41.5 Å². The topological polar surface area (TPSA) is 275 Å². The molecule has 39 heavy (non-hydrogen) atoms. The zero-order valence-corrected chi connectivity index (χ0v) is 22.3. The number of carbonyl (C=O) groups is 7. The average Bonchev–Trinajstić information content (AvgIpc) is 2.82. The van der Waals surface area contributed by atoms with Gasteiger partial charge < -0.3 is 47.4 Å². The third kappa shape index (κ3) is 13.5. The fourth-order valence-corrected chi connectivity index (χ4v) is 3.20. The Morgan fingerprint density at radius 1 is 0.667 bits per heavy atom. The molecular weight excluding hydrogens is 522 g/mol. The van der Waals surface area contributed by atoms with Crippen LogP contribution in [0.3, 0.4) is 0 Å². The zero-order valence-electron chi connectivity index (χ0n) is 22.3. The van der Waals surface area contributed by atoms with Crippen molar-refractivity contribution in [2.45, 2.75) is 83.6 Å². The Morgan fingerprint density at radius 3 is 1.56 bits per heavy atom. The molecule has 0 saturated heterocycles. The summed E-state index contributed by atoms with van der Waals surface area (Å²) >= 11 is 0. The maximum Gasteiger partial charge on any atom is 0.328 e. The lowest BCUT2D eigenvalue weighted by molar-refractivity contribution is -0.144. The van der Waals surface area contributed by atoms with Crippen molar-refractivity contribution < 1.29 is 54.0 Å². The fourth-order valence-electron chi connectivity index (χ4n) is 3.20. The molecule has 16 heteroatoms. The summed E-state index contributed by atoms with van der Waals surface area (Å²) in [5.74, 6) is -8.72. The minimum absolute atomic E-state index is 0.00648. The lowest BCUT2D eigenvalue weighted by Crippen LogP contribution is -2.59. The number of rotatable bonds is 18. The van der Waals surface area contributed by atoms with Gasteiger partial charge in [0.05, 0.1) is 19.1 Å². The van der Waals surface area contributed by atoms with E-state index < -0.39 is 97.6 Å². The van der Waals surface area contributed by atoms with E-state index in [9.17, 15) is 38.7 Å². The van der Waals surface area contributed by atoms with E-state index in [1.54, 1.807) is 27.7 Å². The van der Waals surface area contributed by atoms with Crippen LogP contribution in [0.1, 0.15) is 53.4 Å². The first-order valence-corrected chi connectivity index (χ1v) is 12.2. The first-order chi connectivity index (χ1) is 18.0. The van der Waals surface area contributed by atoms with Crippen LogP contribution in [0.2, 0.25) is 0 Å². The summed E-state index contributed by atoms with van der Waals surface area (Å²) in [6.45, 7) is 5.76. The molecule has 0 aromatic carbocycles. The Bertz CT molecular complexity index is 909. The second kappa shape index (κ2) is 16.9. The summed E-state index contributed by atoms with van der Waals surface area (Å²) in [5.41, 5.74) is 5.77. The van der Waals surface area contributed by atoms with Gasteiger partial charge in [-0.2, -0.15) is 0 Å². The number of hydrogen-bond acceptors (Lipinski definition) is 9. The van der Waals surface area contributed by atoms with Crippen LogP contribution in [0, 0.1) is 11.8 Å². The molecule has 0 fully saturated rings. The molecule has 0 aliphatic rings. The van der Waals surface area contributed by atoms with Gasteiger partial charge in [-0.05, 0) is 24.7 Å². The Labute approximate surface area is 225 Å². The normalized spacial score (nSPS) is 14.9. The smallest absolute Gasteiger partial charge is 0.328 e. The number of carboxylic acids is 3. The number of amides is 4. The summed E-state index contributed by atoms with van der Waals surface area (Å²) in [6, 6.07) is -7.28. The molecule has 0 spiro atoms. The van der Waals surface area contributed by atoms with Gasteiger partial charge in [0.2, 0.25) is 23.6 Å². The summed E-state index contributed by atoms with van der Waals surface area (Å²) in [6.07, 6.45) is -1.88. The van der Waals surface area contributed by atoms with Crippen LogP contribution in [0.4, 0.5) is 0 Å². The van der Waals surface area contributed by atoms with Gasteiger partial charge in [0, 0.05) is 6.42 Å². The minimum Gasteiger partial charge on any atom is -0.481 e. The van der Waals surface area contributed by atoms with Gasteiger partial charge in [-0.25, -0.2) is 4.79 Å². The molecule has 0 aromatic rings. The summed E-state index contributed by atoms with van der Waals surface area (Å²) in [7, 11) is 0. The van der Waals surface area contributed by atoms with Crippen molar-refractivity contribution in [3.05, 3.63) is 0 Å². The standard InChI is InChI=1S/C23H39N5O11/c1-10(2)7-13(20(35)28-15(9-29)23(38)39)26-21(36)14(8-17(32)33)27-19(34)12(5-6-16(30)31)25-22(37)18(24)11(3)4/h10-15,18,29H,5-9,24H2,1-4H3,(H,25,37)(H,26,36)(H,27,34)(H,28,35)(H,30,31)(H,32,33)(H,38,39)/t12-,13-,14-,15-,18-/m0/s1. The van der Waals surface area contributed by atoms with E-state index in [1.807, 2.05) is 0 Å². The molecule has 0 rings (SSSR count). The van der Waals surface area contributed by atoms with Gasteiger partial charge in [0.25, 0.3) is 0 Å².